The Kier molecular flexibility index (Phi) is 7.04. The van der Waals surface area contributed by atoms with Crippen LogP contribution in [0, 0.1) is 0 Å². The van der Waals surface area contributed by atoms with Crippen molar-refractivity contribution in [3.63, 3.8) is 0 Å². The van der Waals surface area contributed by atoms with Gasteiger partial charge in [0, 0.05) is 0 Å². The predicted octanol–water partition coefficient (Wildman–Crippen LogP) is 3.32. The quantitative estimate of drug-likeness (QED) is 0.434. The van der Waals surface area contributed by atoms with Crippen molar-refractivity contribution < 1.29 is 14.3 Å². The smallest absolute Gasteiger partial charge is 0.261 e. The Hall–Kier alpha value is -3.10. The molecule has 1 amide bonds. The molecule has 1 aromatic heterocycles. The van der Waals surface area contributed by atoms with Crippen LogP contribution >= 0.6 is 23.2 Å². The van der Waals surface area contributed by atoms with Gasteiger partial charge in [0.05, 0.1) is 23.4 Å². The Morgan fingerprint density at radius 1 is 1.21 bits per heavy atom. The maximum Gasteiger partial charge on any atom is 0.261 e. The van der Waals surface area contributed by atoms with Gasteiger partial charge < -0.3 is 9.47 Å². The number of ether oxygens (including phenoxy) is 2. The van der Waals surface area contributed by atoms with Crippen LogP contribution in [-0.4, -0.2) is 34.0 Å². The second-order valence-electron chi connectivity index (χ2n) is 5.83. The molecule has 0 atom stereocenters. The molecule has 0 aliphatic heterocycles. The molecule has 8 nitrogen and oxygen atoms in total. The first kappa shape index (κ1) is 20.6. The number of halogens is 2. The molecule has 3 rings (SSSR count). The van der Waals surface area contributed by atoms with Crippen molar-refractivity contribution >= 4 is 35.3 Å². The highest BCUT2D eigenvalue weighted by Gasteiger charge is 2.07. The van der Waals surface area contributed by atoms with Crippen molar-refractivity contribution in [2.45, 2.75) is 13.2 Å². The number of nitrogens with one attached hydrogen (secondary N) is 1. The molecule has 0 radical (unpaired) electrons. The third-order valence-electron chi connectivity index (χ3n) is 3.74. The number of carbonyl (C=O) groups excluding carboxylic acids is 1. The highest BCUT2D eigenvalue weighted by Crippen LogP contribution is 2.29. The molecule has 0 saturated carbocycles. The second-order valence-corrected chi connectivity index (χ2v) is 6.65. The molecule has 150 valence electrons. The summed E-state index contributed by atoms with van der Waals surface area (Å²) < 4.78 is 12.6. The van der Waals surface area contributed by atoms with Gasteiger partial charge >= 0.3 is 0 Å². The number of rotatable bonds is 8. The van der Waals surface area contributed by atoms with Crippen LogP contribution in [0.15, 0.2) is 54.2 Å². The number of hydrogen-bond donors (Lipinski definition) is 1. The second kappa shape index (κ2) is 9.90. The van der Waals surface area contributed by atoms with Gasteiger partial charge in [-0.3, -0.25) is 4.79 Å². The number of hydrogen-bond acceptors (Lipinski definition) is 6. The number of hydrazone groups is 1. The minimum absolute atomic E-state index is 0.0299. The summed E-state index contributed by atoms with van der Waals surface area (Å²) in [5, 5.41) is 8.74. The third kappa shape index (κ3) is 5.94. The molecule has 10 heteroatoms. The van der Waals surface area contributed by atoms with Gasteiger partial charge in [0.1, 0.15) is 25.8 Å². The summed E-state index contributed by atoms with van der Waals surface area (Å²) in [6.45, 7) is 0.335. The zero-order valence-electron chi connectivity index (χ0n) is 15.4. The van der Waals surface area contributed by atoms with Crippen molar-refractivity contribution in [2.75, 3.05) is 7.11 Å². The van der Waals surface area contributed by atoms with Crippen LogP contribution in [0.5, 0.6) is 11.5 Å². The van der Waals surface area contributed by atoms with Gasteiger partial charge in [0.25, 0.3) is 5.91 Å². The number of aromatic nitrogens is 3. The summed E-state index contributed by atoms with van der Waals surface area (Å²) in [7, 11) is 1.54. The largest absolute Gasteiger partial charge is 0.493 e. The molecular formula is C19H17Cl2N5O3. The Morgan fingerprint density at radius 2 is 2.07 bits per heavy atom. The van der Waals surface area contributed by atoms with Gasteiger partial charge in [-0.25, -0.2) is 15.1 Å². The van der Waals surface area contributed by atoms with Gasteiger partial charge in [-0.05, 0) is 41.5 Å². The summed E-state index contributed by atoms with van der Waals surface area (Å²) in [6, 6.07) is 10.6. The Labute approximate surface area is 177 Å². The molecule has 2 aromatic carbocycles. The Morgan fingerprint density at radius 3 is 2.79 bits per heavy atom. The Balaban J connectivity index is 1.58. The van der Waals surface area contributed by atoms with Crippen molar-refractivity contribution in [3.8, 4) is 11.5 Å². The fraction of sp³-hybridized carbons (Fsp3) is 0.158. The molecule has 0 saturated heterocycles. The zero-order chi connectivity index (χ0) is 20.6. The standard InChI is InChI=1S/C19H17Cl2N5O3/c1-28-18-7-13(8-23-25-19(27)9-26-12-22-11-24-26)3-5-17(18)29-10-14-2-4-15(20)16(21)6-14/h2-8,11-12H,9-10H2,1H3,(H,25,27). The van der Waals surface area contributed by atoms with E-state index in [2.05, 4.69) is 20.6 Å². The van der Waals surface area contributed by atoms with E-state index in [9.17, 15) is 4.79 Å². The highest BCUT2D eigenvalue weighted by molar-refractivity contribution is 6.42. The molecule has 1 heterocycles. The number of benzene rings is 2. The van der Waals surface area contributed by atoms with E-state index in [4.69, 9.17) is 32.7 Å². The van der Waals surface area contributed by atoms with E-state index in [0.29, 0.717) is 28.2 Å². The molecule has 0 aliphatic rings. The number of carbonyl (C=O) groups is 1. The van der Waals surface area contributed by atoms with Gasteiger partial charge in [-0.1, -0.05) is 29.3 Å². The van der Waals surface area contributed by atoms with Crippen LogP contribution in [0.2, 0.25) is 10.0 Å². The van der Waals surface area contributed by atoms with Crippen molar-refractivity contribution in [1.29, 1.82) is 0 Å². The monoisotopic (exact) mass is 433 g/mol. The van der Waals surface area contributed by atoms with E-state index in [1.165, 1.54) is 23.6 Å². The predicted molar refractivity (Wildman–Crippen MR) is 110 cm³/mol. The van der Waals surface area contributed by atoms with Crippen LogP contribution in [-0.2, 0) is 17.9 Å². The van der Waals surface area contributed by atoms with E-state index in [1.807, 2.05) is 6.07 Å². The molecule has 0 bridgehead atoms. The molecule has 0 spiro atoms. The molecule has 1 N–H and O–H groups in total. The third-order valence-corrected chi connectivity index (χ3v) is 4.48. The summed E-state index contributed by atoms with van der Waals surface area (Å²) in [5.74, 6) is 0.772. The normalized spacial score (nSPS) is 10.9. The average Bonchev–Trinajstić information content (AvgIpc) is 3.22. The summed E-state index contributed by atoms with van der Waals surface area (Å²) >= 11 is 11.9. The van der Waals surface area contributed by atoms with E-state index in [1.54, 1.807) is 37.4 Å². The molecule has 0 aliphatic carbocycles. The molecule has 0 unspecified atom stereocenters. The fourth-order valence-corrected chi connectivity index (χ4v) is 2.67. The number of methoxy groups -OCH3 is 1. The topological polar surface area (TPSA) is 90.6 Å². The Bertz CT molecular complexity index is 1010. The van der Waals surface area contributed by atoms with Gasteiger partial charge in [-0.2, -0.15) is 10.2 Å². The molecular weight excluding hydrogens is 417 g/mol. The van der Waals surface area contributed by atoms with Crippen LogP contribution in [0.4, 0.5) is 0 Å². The van der Waals surface area contributed by atoms with E-state index in [-0.39, 0.29) is 12.5 Å². The number of nitrogens with zero attached hydrogens (tertiary/aromatic N) is 4. The van der Waals surface area contributed by atoms with E-state index in [0.717, 1.165) is 11.1 Å². The minimum atomic E-state index is -0.319. The average molecular weight is 434 g/mol. The maximum atomic E-state index is 11.8. The maximum absolute atomic E-state index is 11.8. The van der Waals surface area contributed by atoms with Gasteiger partial charge in [0.2, 0.25) is 0 Å². The summed E-state index contributed by atoms with van der Waals surface area (Å²) in [4.78, 5) is 15.5. The van der Waals surface area contributed by atoms with Crippen LogP contribution in [0.25, 0.3) is 0 Å². The minimum Gasteiger partial charge on any atom is -0.493 e. The van der Waals surface area contributed by atoms with Crippen LogP contribution in [0.1, 0.15) is 11.1 Å². The lowest BCUT2D eigenvalue weighted by Crippen LogP contribution is -2.23. The van der Waals surface area contributed by atoms with Gasteiger partial charge in [0.15, 0.2) is 11.5 Å². The van der Waals surface area contributed by atoms with E-state index >= 15 is 0 Å². The lowest BCUT2D eigenvalue weighted by molar-refractivity contribution is -0.121. The lowest BCUT2D eigenvalue weighted by Gasteiger charge is -2.11. The molecule has 0 fully saturated rings. The molecule has 29 heavy (non-hydrogen) atoms. The molecule has 3 aromatic rings. The van der Waals surface area contributed by atoms with Crippen LogP contribution in [0.3, 0.4) is 0 Å². The SMILES string of the molecule is COc1cc(C=NNC(=O)Cn2cncn2)ccc1OCc1ccc(Cl)c(Cl)c1. The van der Waals surface area contributed by atoms with E-state index < -0.39 is 0 Å². The first-order valence-electron chi connectivity index (χ1n) is 8.44. The first-order chi connectivity index (χ1) is 14.0. The summed E-state index contributed by atoms with van der Waals surface area (Å²) in [6.07, 6.45) is 4.31. The number of amides is 1. The lowest BCUT2D eigenvalue weighted by atomic mass is 10.2. The van der Waals surface area contributed by atoms with Gasteiger partial charge in [-0.15, -0.1) is 0 Å². The van der Waals surface area contributed by atoms with Crippen LogP contribution < -0.4 is 14.9 Å². The highest BCUT2D eigenvalue weighted by atomic mass is 35.5. The fourth-order valence-electron chi connectivity index (χ4n) is 2.35. The van der Waals surface area contributed by atoms with Crippen molar-refractivity contribution in [3.05, 3.63) is 70.2 Å². The van der Waals surface area contributed by atoms with Crippen molar-refractivity contribution in [2.24, 2.45) is 5.10 Å². The zero-order valence-corrected chi connectivity index (χ0v) is 16.9. The first-order valence-corrected chi connectivity index (χ1v) is 9.20. The van der Waals surface area contributed by atoms with Crippen molar-refractivity contribution in [1.82, 2.24) is 20.2 Å². The summed E-state index contributed by atoms with van der Waals surface area (Å²) in [5.41, 5.74) is 4.03.